The summed E-state index contributed by atoms with van der Waals surface area (Å²) in [4.78, 5) is 40.2. The van der Waals surface area contributed by atoms with Crippen molar-refractivity contribution >= 4 is 40.5 Å². The number of nitrogens with zero attached hydrogens (tertiary/aromatic N) is 6. The molecule has 11 nitrogen and oxygen atoms in total. The maximum atomic E-state index is 15.7. The molecule has 2 N–H and O–H groups in total. The summed E-state index contributed by atoms with van der Waals surface area (Å²) < 4.78 is 42.8. The maximum Gasteiger partial charge on any atom is 0.246 e. The number of hydrogen-bond donors (Lipinski definition) is 2. The van der Waals surface area contributed by atoms with Crippen LogP contribution >= 0.6 is 0 Å². The minimum atomic E-state index is -1.56. The summed E-state index contributed by atoms with van der Waals surface area (Å²) in [5, 5.41) is 22.2. The fraction of sp³-hybridized carbons (Fsp3) is 0.214. The topological polar surface area (TPSA) is 152 Å². The molecule has 42 heavy (non-hydrogen) atoms. The lowest BCUT2D eigenvalue weighted by Gasteiger charge is -2.41. The first-order valence-electron chi connectivity index (χ1n) is 12.5. The van der Waals surface area contributed by atoms with Crippen LogP contribution in [0.1, 0.15) is 12.0 Å². The number of amides is 2. The van der Waals surface area contributed by atoms with Gasteiger partial charge in [-0.2, -0.15) is 5.26 Å². The highest BCUT2D eigenvalue weighted by molar-refractivity contribution is 7.84. The van der Waals surface area contributed by atoms with Crippen LogP contribution < -0.4 is 5.32 Å². The predicted molar refractivity (Wildman–Crippen MR) is 151 cm³/mol. The quantitative estimate of drug-likeness (QED) is 0.175. The number of amidine groups is 1. The molecule has 2 aromatic heterocycles. The zero-order valence-electron chi connectivity index (χ0n) is 22.3. The van der Waals surface area contributed by atoms with Crippen LogP contribution in [-0.4, -0.2) is 79.2 Å². The molecule has 4 rings (SSSR count). The maximum absolute atomic E-state index is 15.7. The minimum absolute atomic E-state index is 0.0297. The van der Waals surface area contributed by atoms with E-state index in [4.69, 9.17) is 0 Å². The first-order chi connectivity index (χ1) is 20.2. The van der Waals surface area contributed by atoms with E-state index in [-0.39, 0.29) is 59.9 Å². The number of hydrogen-bond acceptors (Lipinski definition) is 8. The molecule has 0 spiro atoms. The number of carbonyl (C=O) groups excluding carboxylic acids is 2. The Balaban J connectivity index is 1.94. The second-order valence-corrected chi connectivity index (χ2v) is 10.3. The molecule has 1 fully saturated rings. The highest BCUT2D eigenvalue weighted by Gasteiger charge is 2.33. The number of phenolic OH excluding ortho intramolecular Hbond substituents is 1. The monoisotopic (exact) mass is 593 g/mol. The molecule has 1 aliphatic heterocycles. The van der Waals surface area contributed by atoms with Crippen LogP contribution in [0, 0.1) is 23.0 Å². The Morgan fingerprint density at radius 3 is 2.76 bits per heavy atom. The van der Waals surface area contributed by atoms with Crippen molar-refractivity contribution in [1.29, 1.82) is 5.26 Å². The largest absolute Gasteiger partial charge is 0.507 e. The van der Waals surface area contributed by atoms with Gasteiger partial charge in [0.1, 0.15) is 34.6 Å². The number of aliphatic imine (C=N–C) groups is 1. The number of rotatable bonds is 8. The lowest BCUT2D eigenvalue weighted by Crippen LogP contribution is -2.56. The second-order valence-electron chi connectivity index (χ2n) is 9.03. The highest BCUT2D eigenvalue weighted by atomic mass is 32.2. The smallest absolute Gasteiger partial charge is 0.246 e. The molecule has 2 atom stereocenters. The summed E-state index contributed by atoms with van der Waals surface area (Å²) in [7, 11) is -1.56. The van der Waals surface area contributed by atoms with Gasteiger partial charge in [0.2, 0.25) is 12.3 Å². The zero-order chi connectivity index (χ0) is 30.4. The Hall–Kier alpha value is -5.03. The van der Waals surface area contributed by atoms with Gasteiger partial charge in [-0.1, -0.05) is 12.6 Å². The number of aromatic nitrogens is 2. The van der Waals surface area contributed by atoms with Gasteiger partial charge in [0.15, 0.2) is 10.8 Å². The molecule has 2 amide bonds. The minimum Gasteiger partial charge on any atom is -0.507 e. The SMILES string of the molecule is C=CC(=O)N1CCN(C(=Nc2cccnc2S(C)=O)c2cc(F)c(-c3c(O)cccc3F)nc2NC=O)CC1CC#N. The normalized spacial score (nSPS) is 16.0. The summed E-state index contributed by atoms with van der Waals surface area (Å²) in [5.74, 6) is -3.06. The third-order valence-corrected chi connectivity index (χ3v) is 7.32. The van der Waals surface area contributed by atoms with Crippen molar-refractivity contribution in [3.05, 3.63) is 72.4 Å². The summed E-state index contributed by atoms with van der Waals surface area (Å²) in [6, 6.07) is 9.01. The number of carbonyl (C=O) groups is 2. The first-order valence-corrected chi connectivity index (χ1v) is 14.1. The summed E-state index contributed by atoms with van der Waals surface area (Å²) in [5.41, 5.74) is -0.910. The molecular formula is C28H25F2N7O4S. The van der Waals surface area contributed by atoms with E-state index in [0.29, 0.717) is 6.41 Å². The van der Waals surface area contributed by atoms with Crippen molar-refractivity contribution in [2.75, 3.05) is 31.2 Å². The molecule has 1 saturated heterocycles. The number of nitriles is 1. The van der Waals surface area contributed by atoms with E-state index in [1.54, 1.807) is 17.0 Å². The van der Waals surface area contributed by atoms with E-state index in [1.165, 1.54) is 29.5 Å². The molecule has 1 aliphatic rings. The van der Waals surface area contributed by atoms with Crippen molar-refractivity contribution in [3.8, 4) is 23.1 Å². The fourth-order valence-corrected chi connectivity index (χ4v) is 5.20. The van der Waals surface area contributed by atoms with Gasteiger partial charge in [-0.3, -0.25) is 13.8 Å². The fourth-order valence-electron chi connectivity index (χ4n) is 4.59. The molecule has 0 radical (unpaired) electrons. The van der Waals surface area contributed by atoms with Crippen LogP contribution in [0.2, 0.25) is 0 Å². The summed E-state index contributed by atoms with van der Waals surface area (Å²) in [6.07, 6.45) is 4.27. The molecule has 216 valence electrons. The molecule has 0 aliphatic carbocycles. The Labute approximate surface area is 242 Å². The third kappa shape index (κ3) is 6.16. The zero-order valence-corrected chi connectivity index (χ0v) is 23.1. The average molecular weight is 594 g/mol. The van der Waals surface area contributed by atoms with Gasteiger partial charge in [0, 0.05) is 32.1 Å². The second kappa shape index (κ2) is 13.1. The predicted octanol–water partition coefficient (Wildman–Crippen LogP) is 3.12. The molecule has 3 aromatic rings. The Kier molecular flexibility index (Phi) is 9.33. The van der Waals surface area contributed by atoms with Crippen molar-refractivity contribution in [1.82, 2.24) is 19.8 Å². The Morgan fingerprint density at radius 2 is 2.10 bits per heavy atom. The van der Waals surface area contributed by atoms with E-state index in [0.717, 1.165) is 18.2 Å². The van der Waals surface area contributed by atoms with E-state index in [9.17, 15) is 28.6 Å². The van der Waals surface area contributed by atoms with Crippen LogP contribution in [0.15, 0.2) is 65.3 Å². The third-order valence-electron chi connectivity index (χ3n) is 6.46. The van der Waals surface area contributed by atoms with Gasteiger partial charge in [-0.25, -0.2) is 23.7 Å². The van der Waals surface area contributed by atoms with Crippen LogP contribution in [0.25, 0.3) is 11.3 Å². The first kappa shape index (κ1) is 29.9. The van der Waals surface area contributed by atoms with Crippen LogP contribution in [0.4, 0.5) is 20.3 Å². The molecule has 1 aromatic carbocycles. The number of halogens is 2. The van der Waals surface area contributed by atoms with Gasteiger partial charge < -0.3 is 20.2 Å². The average Bonchev–Trinajstić information content (AvgIpc) is 2.97. The number of nitrogens with one attached hydrogen (secondary N) is 1. The van der Waals surface area contributed by atoms with Gasteiger partial charge in [0.25, 0.3) is 0 Å². The number of anilines is 1. The number of benzene rings is 1. The standard InChI is InChI=1S/C28H25F2N7O4S/c1-3-23(40)37-13-12-36(15-17(37)9-10-31)27(34-21-7-5-11-32-28(21)42(2)41)18-14-20(30)25(35-26(18)33-16-38)24-19(29)6-4-8-22(24)39/h3-8,11,14,16-17,39H,1,9,12-13,15H2,2H3,(H,33,35,38). The molecule has 2 unspecified atom stereocenters. The summed E-state index contributed by atoms with van der Waals surface area (Å²) in [6.45, 7) is 3.92. The van der Waals surface area contributed by atoms with Gasteiger partial charge >= 0.3 is 0 Å². The lowest BCUT2D eigenvalue weighted by atomic mass is 10.0. The van der Waals surface area contributed by atoms with E-state index in [2.05, 4.69) is 32.9 Å². The van der Waals surface area contributed by atoms with Crippen molar-refractivity contribution in [2.24, 2.45) is 4.99 Å². The Morgan fingerprint density at radius 1 is 1.31 bits per heavy atom. The number of phenols is 1. The van der Waals surface area contributed by atoms with E-state index < -0.39 is 45.5 Å². The van der Waals surface area contributed by atoms with Gasteiger partial charge in [0.05, 0.1) is 40.5 Å². The van der Waals surface area contributed by atoms with Crippen LogP contribution in [0.5, 0.6) is 5.75 Å². The lowest BCUT2D eigenvalue weighted by molar-refractivity contribution is -0.130. The molecule has 0 bridgehead atoms. The van der Waals surface area contributed by atoms with Gasteiger partial charge in [-0.05, 0) is 36.4 Å². The van der Waals surface area contributed by atoms with Gasteiger partial charge in [-0.15, -0.1) is 0 Å². The number of piperazine rings is 1. The molecule has 3 heterocycles. The highest BCUT2D eigenvalue weighted by Crippen LogP contribution is 2.35. The van der Waals surface area contributed by atoms with Crippen molar-refractivity contribution in [2.45, 2.75) is 17.5 Å². The molecular weight excluding hydrogens is 568 g/mol. The molecule has 14 heteroatoms. The number of aromatic hydroxyl groups is 1. The summed E-state index contributed by atoms with van der Waals surface area (Å²) >= 11 is 0. The number of pyridine rings is 2. The Bertz CT molecular complexity index is 1620. The van der Waals surface area contributed by atoms with Crippen molar-refractivity contribution < 1.29 is 27.7 Å². The van der Waals surface area contributed by atoms with Crippen LogP contribution in [-0.2, 0) is 20.4 Å². The van der Waals surface area contributed by atoms with E-state index in [1.807, 2.05) is 0 Å². The molecule has 0 saturated carbocycles. The van der Waals surface area contributed by atoms with Crippen LogP contribution in [0.3, 0.4) is 0 Å². The van der Waals surface area contributed by atoms with E-state index >= 15 is 4.39 Å². The van der Waals surface area contributed by atoms with Crippen molar-refractivity contribution in [3.63, 3.8) is 0 Å².